The van der Waals surface area contributed by atoms with E-state index >= 15 is 0 Å². The molecule has 2 N–H and O–H groups in total. The van der Waals surface area contributed by atoms with E-state index in [-0.39, 0.29) is 17.5 Å². The van der Waals surface area contributed by atoms with Gasteiger partial charge in [-0.25, -0.2) is 9.97 Å². The van der Waals surface area contributed by atoms with Crippen LogP contribution in [-0.4, -0.2) is 15.9 Å². The van der Waals surface area contributed by atoms with Gasteiger partial charge in [0.1, 0.15) is 11.8 Å². The Bertz CT molecular complexity index is 903. The van der Waals surface area contributed by atoms with Gasteiger partial charge in [0.25, 0.3) is 5.91 Å². The average Bonchev–Trinajstić information content (AvgIpc) is 2.63. The smallest absolute Gasteiger partial charge is 0.274 e. The SMILES string of the molecule is N#Cc1ccccc1Nc1nccc(C(=O)Nc2ccccc2)n1. The molecule has 0 saturated heterocycles. The number of hydrogen-bond donors (Lipinski definition) is 2. The first-order valence-corrected chi connectivity index (χ1v) is 7.22. The molecule has 0 radical (unpaired) electrons. The summed E-state index contributed by atoms with van der Waals surface area (Å²) in [5, 5.41) is 14.8. The molecule has 0 atom stereocenters. The lowest BCUT2D eigenvalue weighted by Gasteiger charge is -2.08. The third-order valence-corrected chi connectivity index (χ3v) is 3.21. The first-order chi connectivity index (χ1) is 11.8. The summed E-state index contributed by atoms with van der Waals surface area (Å²) in [7, 11) is 0. The minimum absolute atomic E-state index is 0.228. The molecular weight excluding hydrogens is 302 g/mol. The van der Waals surface area contributed by atoms with Crippen LogP contribution >= 0.6 is 0 Å². The molecule has 6 heteroatoms. The normalized spacial score (nSPS) is 9.79. The van der Waals surface area contributed by atoms with Crippen LogP contribution in [-0.2, 0) is 0 Å². The van der Waals surface area contributed by atoms with Crippen molar-refractivity contribution < 1.29 is 4.79 Å². The molecule has 0 spiro atoms. The zero-order valence-electron chi connectivity index (χ0n) is 12.6. The second-order valence-electron chi connectivity index (χ2n) is 4.87. The molecule has 0 aliphatic rings. The Morgan fingerprint density at radius 2 is 1.75 bits per heavy atom. The lowest BCUT2D eigenvalue weighted by Crippen LogP contribution is -2.14. The summed E-state index contributed by atoms with van der Waals surface area (Å²) in [6.07, 6.45) is 1.49. The minimum atomic E-state index is -0.333. The van der Waals surface area contributed by atoms with Gasteiger partial charge in [0.05, 0.1) is 11.3 Å². The van der Waals surface area contributed by atoms with Crippen LogP contribution in [0.5, 0.6) is 0 Å². The van der Waals surface area contributed by atoms with Crippen molar-refractivity contribution in [2.24, 2.45) is 0 Å². The third-order valence-electron chi connectivity index (χ3n) is 3.21. The average molecular weight is 315 g/mol. The van der Waals surface area contributed by atoms with Crippen molar-refractivity contribution in [3.63, 3.8) is 0 Å². The summed E-state index contributed by atoms with van der Waals surface area (Å²) in [4.78, 5) is 20.5. The van der Waals surface area contributed by atoms with Crippen LogP contribution < -0.4 is 10.6 Å². The maximum Gasteiger partial charge on any atom is 0.274 e. The highest BCUT2D eigenvalue weighted by atomic mass is 16.1. The number of benzene rings is 2. The van der Waals surface area contributed by atoms with Crippen LogP contribution in [0.15, 0.2) is 66.9 Å². The third kappa shape index (κ3) is 3.54. The quantitative estimate of drug-likeness (QED) is 0.770. The molecule has 3 aromatic rings. The van der Waals surface area contributed by atoms with E-state index in [1.165, 1.54) is 12.3 Å². The predicted molar refractivity (Wildman–Crippen MR) is 90.9 cm³/mol. The Labute approximate surface area is 138 Å². The predicted octanol–water partition coefficient (Wildman–Crippen LogP) is 3.34. The van der Waals surface area contributed by atoms with Crippen LogP contribution in [0.1, 0.15) is 16.1 Å². The first-order valence-electron chi connectivity index (χ1n) is 7.22. The number of nitrogens with one attached hydrogen (secondary N) is 2. The highest BCUT2D eigenvalue weighted by Crippen LogP contribution is 2.17. The Kier molecular flexibility index (Phi) is 4.45. The van der Waals surface area contributed by atoms with E-state index in [1.807, 2.05) is 18.2 Å². The fraction of sp³-hybridized carbons (Fsp3) is 0. The summed E-state index contributed by atoms with van der Waals surface area (Å²) in [5.41, 5.74) is 1.97. The molecule has 2 aromatic carbocycles. The van der Waals surface area contributed by atoms with Crippen molar-refractivity contribution in [2.45, 2.75) is 0 Å². The monoisotopic (exact) mass is 315 g/mol. The van der Waals surface area contributed by atoms with E-state index in [1.54, 1.807) is 36.4 Å². The van der Waals surface area contributed by atoms with E-state index in [0.29, 0.717) is 16.9 Å². The maximum absolute atomic E-state index is 12.3. The lowest BCUT2D eigenvalue weighted by molar-refractivity contribution is 0.102. The summed E-state index contributed by atoms with van der Waals surface area (Å²) in [6.45, 7) is 0. The molecular formula is C18H13N5O. The van der Waals surface area contributed by atoms with Gasteiger partial charge in [-0.15, -0.1) is 0 Å². The van der Waals surface area contributed by atoms with Gasteiger partial charge in [-0.1, -0.05) is 30.3 Å². The molecule has 0 fully saturated rings. The van der Waals surface area contributed by atoms with E-state index in [9.17, 15) is 4.79 Å². The fourth-order valence-corrected chi connectivity index (χ4v) is 2.07. The molecule has 1 heterocycles. The van der Waals surface area contributed by atoms with Gasteiger partial charge in [0.15, 0.2) is 0 Å². The molecule has 1 amide bonds. The van der Waals surface area contributed by atoms with Crippen LogP contribution in [0, 0.1) is 11.3 Å². The van der Waals surface area contributed by atoms with Crippen LogP contribution in [0.2, 0.25) is 0 Å². The number of rotatable bonds is 4. The van der Waals surface area contributed by atoms with Crippen molar-refractivity contribution in [3.05, 3.63) is 78.1 Å². The standard InChI is InChI=1S/C18H13N5O/c19-12-13-6-4-5-9-15(13)22-18-20-11-10-16(23-18)17(24)21-14-7-2-1-3-8-14/h1-11H,(H,21,24)(H,20,22,23). The summed E-state index contributed by atoms with van der Waals surface area (Å²) in [6, 6.07) is 19.8. The van der Waals surface area contributed by atoms with E-state index in [0.717, 1.165) is 0 Å². The molecule has 0 bridgehead atoms. The molecule has 0 aliphatic heterocycles. The Morgan fingerprint density at radius 1 is 1.00 bits per heavy atom. The number of para-hydroxylation sites is 2. The summed E-state index contributed by atoms with van der Waals surface area (Å²) < 4.78 is 0. The zero-order valence-corrected chi connectivity index (χ0v) is 12.6. The Morgan fingerprint density at radius 3 is 2.54 bits per heavy atom. The molecule has 0 unspecified atom stereocenters. The summed E-state index contributed by atoms with van der Waals surface area (Å²) in [5.74, 6) is -0.0846. The number of aromatic nitrogens is 2. The second-order valence-corrected chi connectivity index (χ2v) is 4.87. The van der Waals surface area contributed by atoms with Crippen molar-refractivity contribution in [1.29, 1.82) is 5.26 Å². The van der Waals surface area contributed by atoms with E-state index in [4.69, 9.17) is 5.26 Å². The number of nitrogens with zero attached hydrogens (tertiary/aromatic N) is 3. The van der Waals surface area contributed by atoms with Gasteiger partial charge in [-0.05, 0) is 30.3 Å². The molecule has 116 valence electrons. The van der Waals surface area contributed by atoms with Crippen molar-refractivity contribution >= 4 is 23.2 Å². The zero-order chi connectivity index (χ0) is 16.8. The Balaban J connectivity index is 1.79. The number of anilines is 3. The van der Waals surface area contributed by atoms with Crippen LogP contribution in [0.25, 0.3) is 0 Å². The molecule has 1 aromatic heterocycles. The number of nitriles is 1. The molecule has 0 aliphatic carbocycles. The van der Waals surface area contributed by atoms with E-state index in [2.05, 4.69) is 26.7 Å². The number of carbonyl (C=O) groups excluding carboxylic acids is 1. The fourth-order valence-electron chi connectivity index (χ4n) is 2.07. The molecule has 0 saturated carbocycles. The summed E-state index contributed by atoms with van der Waals surface area (Å²) >= 11 is 0. The minimum Gasteiger partial charge on any atom is -0.323 e. The van der Waals surface area contributed by atoms with Gasteiger partial charge in [-0.3, -0.25) is 4.79 Å². The van der Waals surface area contributed by atoms with Gasteiger partial charge < -0.3 is 10.6 Å². The number of amides is 1. The molecule has 24 heavy (non-hydrogen) atoms. The second kappa shape index (κ2) is 7.03. The lowest BCUT2D eigenvalue weighted by atomic mass is 10.2. The van der Waals surface area contributed by atoms with Crippen molar-refractivity contribution in [1.82, 2.24) is 9.97 Å². The van der Waals surface area contributed by atoms with Gasteiger partial charge in [-0.2, -0.15) is 5.26 Å². The maximum atomic E-state index is 12.3. The highest BCUT2D eigenvalue weighted by molar-refractivity contribution is 6.02. The topological polar surface area (TPSA) is 90.7 Å². The van der Waals surface area contributed by atoms with Gasteiger partial charge in [0.2, 0.25) is 5.95 Å². The van der Waals surface area contributed by atoms with Gasteiger partial charge >= 0.3 is 0 Å². The Hall–Kier alpha value is -3.72. The van der Waals surface area contributed by atoms with Crippen LogP contribution in [0.4, 0.5) is 17.3 Å². The molecule has 3 rings (SSSR count). The number of hydrogen-bond acceptors (Lipinski definition) is 5. The van der Waals surface area contributed by atoms with Crippen molar-refractivity contribution in [2.75, 3.05) is 10.6 Å². The molecule has 6 nitrogen and oxygen atoms in total. The first kappa shape index (κ1) is 15.2. The highest BCUT2D eigenvalue weighted by Gasteiger charge is 2.10. The van der Waals surface area contributed by atoms with E-state index < -0.39 is 0 Å². The largest absolute Gasteiger partial charge is 0.323 e. The van der Waals surface area contributed by atoms with Gasteiger partial charge in [0, 0.05) is 11.9 Å². The number of carbonyl (C=O) groups is 1. The van der Waals surface area contributed by atoms with Crippen molar-refractivity contribution in [3.8, 4) is 6.07 Å². The van der Waals surface area contributed by atoms with Crippen LogP contribution in [0.3, 0.4) is 0 Å².